The van der Waals surface area contributed by atoms with E-state index >= 15 is 0 Å². The van der Waals surface area contributed by atoms with Crippen molar-refractivity contribution in [2.75, 3.05) is 23.7 Å². The molecule has 5 heteroatoms. The van der Waals surface area contributed by atoms with Crippen LogP contribution in [0.5, 0.6) is 0 Å². The van der Waals surface area contributed by atoms with Gasteiger partial charge in [0.2, 0.25) is 5.91 Å². The van der Waals surface area contributed by atoms with Crippen LogP contribution >= 0.6 is 11.6 Å². The number of hydrogen-bond acceptors (Lipinski definition) is 3. The van der Waals surface area contributed by atoms with E-state index < -0.39 is 0 Å². The van der Waals surface area contributed by atoms with E-state index in [2.05, 4.69) is 35.0 Å². The third-order valence-electron chi connectivity index (χ3n) is 4.87. The second kappa shape index (κ2) is 9.06. The van der Waals surface area contributed by atoms with Crippen molar-refractivity contribution < 1.29 is 4.79 Å². The van der Waals surface area contributed by atoms with Crippen LogP contribution in [0.1, 0.15) is 37.8 Å². The van der Waals surface area contributed by atoms with Crippen molar-refractivity contribution in [3.63, 3.8) is 0 Å². The average Bonchev–Trinajstić information content (AvgIpc) is 3.16. The van der Waals surface area contributed by atoms with Crippen LogP contribution in [0.15, 0.2) is 48.5 Å². The molecule has 1 heterocycles. The predicted octanol–water partition coefficient (Wildman–Crippen LogP) is 4.84. The summed E-state index contributed by atoms with van der Waals surface area (Å²) in [5.41, 5.74) is 2.79. The molecule has 2 atom stereocenters. The molecule has 1 aliphatic heterocycles. The lowest BCUT2D eigenvalue weighted by Gasteiger charge is -2.17. The van der Waals surface area contributed by atoms with Gasteiger partial charge in [0.1, 0.15) is 0 Å². The maximum atomic E-state index is 12.1. The number of halogens is 1. The third kappa shape index (κ3) is 5.23. The van der Waals surface area contributed by atoms with Crippen LogP contribution in [0.3, 0.4) is 0 Å². The summed E-state index contributed by atoms with van der Waals surface area (Å²) in [5.74, 6) is 0.668. The van der Waals surface area contributed by atoms with E-state index in [9.17, 15) is 4.79 Å². The zero-order valence-corrected chi connectivity index (χ0v) is 15.9. The number of rotatable bonds is 7. The van der Waals surface area contributed by atoms with Crippen LogP contribution in [0, 0.1) is 5.92 Å². The topological polar surface area (TPSA) is 53.2 Å². The highest BCUT2D eigenvalue weighted by atomic mass is 35.5. The number of benzene rings is 2. The fraction of sp³-hybridized carbons (Fsp3) is 0.381. The summed E-state index contributed by atoms with van der Waals surface area (Å²) in [7, 11) is 0. The van der Waals surface area contributed by atoms with Gasteiger partial charge in [0, 0.05) is 18.2 Å². The number of nitrogens with one attached hydrogen (secondary N) is 3. The molecule has 0 aliphatic carbocycles. The maximum Gasteiger partial charge on any atom is 0.224 e. The molecule has 0 aromatic heterocycles. The Balaban J connectivity index is 1.54. The van der Waals surface area contributed by atoms with E-state index in [-0.39, 0.29) is 11.9 Å². The van der Waals surface area contributed by atoms with Gasteiger partial charge in [-0.15, -0.1) is 0 Å². The summed E-state index contributed by atoms with van der Waals surface area (Å²) < 4.78 is 0. The molecule has 3 rings (SSSR count). The lowest BCUT2D eigenvalue weighted by Crippen LogP contribution is -2.15. The highest BCUT2D eigenvalue weighted by molar-refractivity contribution is 6.33. The van der Waals surface area contributed by atoms with Crippen molar-refractivity contribution in [3.8, 4) is 0 Å². The summed E-state index contributed by atoms with van der Waals surface area (Å²) in [5, 5.41) is 10.3. The number of carbonyl (C=O) groups excluding carboxylic acids is 1. The largest absolute Gasteiger partial charge is 0.377 e. The van der Waals surface area contributed by atoms with Crippen LogP contribution in [0.2, 0.25) is 5.02 Å². The Kier molecular flexibility index (Phi) is 6.53. The van der Waals surface area contributed by atoms with Gasteiger partial charge in [-0.1, -0.05) is 41.9 Å². The van der Waals surface area contributed by atoms with E-state index in [1.165, 1.54) is 12.0 Å². The predicted molar refractivity (Wildman–Crippen MR) is 109 cm³/mol. The molecule has 1 saturated heterocycles. The Morgan fingerprint density at radius 1 is 1.27 bits per heavy atom. The zero-order valence-electron chi connectivity index (χ0n) is 15.1. The molecule has 2 aromatic carbocycles. The maximum absolute atomic E-state index is 12.1. The second-order valence-corrected chi connectivity index (χ2v) is 7.32. The lowest BCUT2D eigenvalue weighted by molar-refractivity contribution is -0.116. The van der Waals surface area contributed by atoms with Gasteiger partial charge < -0.3 is 16.0 Å². The van der Waals surface area contributed by atoms with Crippen LogP contribution in [-0.4, -0.2) is 19.0 Å². The first-order valence-electron chi connectivity index (χ1n) is 9.23. The molecule has 0 spiro atoms. The van der Waals surface area contributed by atoms with Crippen LogP contribution in [-0.2, 0) is 4.79 Å². The van der Waals surface area contributed by atoms with Crippen molar-refractivity contribution in [3.05, 3.63) is 59.1 Å². The van der Waals surface area contributed by atoms with Crippen molar-refractivity contribution in [2.24, 2.45) is 5.92 Å². The van der Waals surface area contributed by atoms with Crippen molar-refractivity contribution in [1.82, 2.24) is 5.32 Å². The Morgan fingerprint density at radius 2 is 2.08 bits per heavy atom. The minimum Gasteiger partial charge on any atom is -0.377 e. The first-order valence-corrected chi connectivity index (χ1v) is 9.61. The van der Waals surface area contributed by atoms with Crippen LogP contribution in [0.4, 0.5) is 11.4 Å². The quantitative estimate of drug-likeness (QED) is 0.652. The summed E-state index contributed by atoms with van der Waals surface area (Å²) in [6.07, 6.45) is 2.65. The molecule has 0 saturated carbocycles. The van der Waals surface area contributed by atoms with Gasteiger partial charge in [-0.2, -0.15) is 0 Å². The van der Waals surface area contributed by atoms with Gasteiger partial charge in [-0.3, -0.25) is 4.79 Å². The molecule has 0 bridgehead atoms. The Hall–Kier alpha value is -2.04. The first-order chi connectivity index (χ1) is 12.6. The summed E-state index contributed by atoms with van der Waals surface area (Å²) in [4.78, 5) is 12.1. The molecular weight excluding hydrogens is 346 g/mol. The zero-order chi connectivity index (χ0) is 18.4. The molecule has 4 nitrogen and oxygen atoms in total. The number of amides is 1. The minimum atomic E-state index is 0.0475. The third-order valence-corrected chi connectivity index (χ3v) is 5.18. The van der Waals surface area contributed by atoms with Gasteiger partial charge in [-0.05, 0) is 62.5 Å². The highest BCUT2D eigenvalue weighted by Crippen LogP contribution is 2.29. The second-order valence-electron chi connectivity index (χ2n) is 6.92. The normalized spacial score (nSPS) is 17.7. The molecule has 26 heavy (non-hydrogen) atoms. The van der Waals surface area contributed by atoms with E-state index in [1.807, 2.05) is 30.3 Å². The van der Waals surface area contributed by atoms with E-state index in [0.29, 0.717) is 17.4 Å². The molecule has 1 aliphatic rings. The molecule has 1 fully saturated rings. The molecule has 138 valence electrons. The Bertz CT molecular complexity index is 729. The molecule has 1 amide bonds. The van der Waals surface area contributed by atoms with E-state index in [4.69, 9.17) is 11.6 Å². The summed E-state index contributed by atoms with van der Waals surface area (Å²) in [6.45, 7) is 4.19. The van der Waals surface area contributed by atoms with Crippen molar-refractivity contribution in [2.45, 2.75) is 32.2 Å². The van der Waals surface area contributed by atoms with Crippen LogP contribution in [0.25, 0.3) is 0 Å². The summed E-state index contributed by atoms with van der Waals surface area (Å²) >= 11 is 6.40. The smallest absolute Gasteiger partial charge is 0.224 e. The van der Waals surface area contributed by atoms with Crippen LogP contribution < -0.4 is 16.0 Å². The molecule has 2 aromatic rings. The highest BCUT2D eigenvalue weighted by Gasteiger charge is 2.16. The first kappa shape index (κ1) is 18.7. The van der Waals surface area contributed by atoms with Gasteiger partial charge in [0.05, 0.1) is 10.7 Å². The standard InChI is InChI=1S/C21H26ClN3O/c1-15(17-5-3-2-4-6-17)24-20-9-8-18(13-19(20)22)25-21(26)10-7-16-11-12-23-14-16/h2-6,8-9,13,15-16,23-24H,7,10-12,14H2,1H3,(H,25,26). The molecule has 3 N–H and O–H groups in total. The lowest BCUT2D eigenvalue weighted by atomic mass is 10.0. The fourth-order valence-electron chi connectivity index (χ4n) is 3.29. The SMILES string of the molecule is CC(Nc1ccc(NC(=O)CCC2CCNC2)cc1Cl)c1ccccc1. The van der Waals surface area contributed by atoms with Gasteiger partial charge >= 0.3 is 0 Å². The summed E-state index contributed by atoms with van der Waals surface area (Å²) in [6, 6.07) is 16.0. The van der Waals surface area contributed by atoms with E-state index in [0.717, 1.165) is 30.9 Å². The number of anilines is 2. The van der Waals surface area contributed by atoms with Gasteiger partial charge in [-0.25, -0.2) is 0 Å². The van der Waals surface area contributed by atoms with Gasteiger partial charge in [0.25, 0.3) is 0 Å². The Labute approximate surface area is 160 Å². The van der Waals surface area contributed by atoms with Crippen molar-refractivity contribution >= 4 is 28.9 Å². The molecule has 2 unspecified atom stereocenters. The number of carbonyl (C=O) groups is 1. The Morgan fingerprint density at radius 3 is 2.77 bits per heavy atom. The van der Waals surface area contributed by atoms with E-state index in [1.54, 1.807) is 6.07 Å². The number of hydrogen-bond donors (Lipinski definition) is 3. The monoisotopic (exact) mass is 371 g/mol. The molecular formula is C21H26ClN3O. The minimum absolute atomic E-state index is 0.0475. The molecule has 0 radical (unpaired) electrons. The van der Waals surface area contributed by atoms with Gasteiger partial charge in [0.15, 0.2) is 0 Å². The van der Waals surface area contributed by atoms with Crippen molar-refractivity contribution in [1.29, 1.82) is 0 Å². The fourth-order valence-corrected chi connectivity index (χ4v) is 3.52. The average molecular weight is 372 g/mol.